The minimum absolute atomic E-state index is 0.154. The summed E-state index contributed by atoms with van der Waals surface area (Å²) in [6, 6.07) is -0.154. The van der Waals surface area contributed by atoms with E-state index in [1.165, 1.54) is 0 Å². The fraction of sp³-hybridized carbons (Fsp3) is 0.375. The largest absolute Gasteiger partial charge is 0.466 e. The number of carbonyl (C=O) groups excluding carboxylic acids is 1. The SMILES string of the molecule is C=C/C=C/OP(C)N[C@@H](C)C=O. The van der Waals surface area contributed by atoms with Gasteiger partial charge in [0.15, 0.2) is 8.30 Å². The fourth-order valence-electron chi connectivity index (χ4n) is 0.530. The number of allylic oxidation sites excluding steroid dienone is 2. The highest BCUT2D eigenvalue weighted by Gasteiger charge is 2.04. The van der Waals surface area contributed by atoms with Gasteiger partial charge in [-0.3, -0.25) is 5.09 Å². The van der Waals surface area contributed by atoms with E-state index in [-0.39, 0.29) is 6.04 Å². The minimum atomic E-state index is -0.753. The summed E-state index contributed by atoms with van der Waals surface area (Å²) >= 11 is 0. The molecule has 12 heavy (non-hydrogen) atoms. The molecule has 0 radical (unpaired) electrons. The zero-order valence-electron chi connectivity index (χ0n) is 7.36. The van der Waals surface area contributed by atoms with Gasteiger partial charge in [0.2, 0.25) is 0 Å². The van der Waals surface area contributed by atoms with Crippen molar-refractivity contribution in [2.45, 2.75) is 13.0 Å². The maximum Gasteiger partial charge on any atom is 0.157 e. The topological polar surface area (TPSA) is 38.3 Å². The van der Waals surface area contributed by atoms with Crippen LogP contribution in [-0.2, 0) is 9.32 Å². The molecule has 0 spiro atoms. The van der Waals surface area contributed by atoms with Crippen molar-refractivity contribution in [2.75, 3.05) is 6.66 Å². The van der Waals surface area contributed by atoms with Gasteiger partial charge in [-0.05, 0) is 13.0 Å². The Labute approximate surface area is 74.4 Å². The highest BCUT2D eigenvalue weighted by atomic mass is 31.2. The highest BCUT2D eigenvalue weighted by Crippen LogP contribution is 2.26. The van der Waals surface area contributed by atoms with Gasteiger partial charge >= 0.3 is 0 Å². The predicted molar refractivity (Wildman–Crippen MR) is 51.9 cm³/mol. The summed E-state index contributed by atoms with van der Waals surface area (Å²) in [6.45, 7) is 7.17. The van der Waals surface area contributed by atoms with E-state index in [0.29, 0.717) is 0 Å². The number of nitrogens with one attached hydrogen (secondary N) is 1. The summed E-state index contributed by atoms with van der Waals surface area (Å²) in [4.78, 5) is 10.2. The van der Waals surface area contributed by atoms with Gasteiger partial charge in [-0.15, -0.1) is 0 Å². The Morgan fingerprint density at radius 2 is 2.33 bits per heavy atom. The van der Waals surface area contributed by atoms with Gasteiger partial charge in [0, 0.05) is 6.66 Å². The Morgan fingerprint density at radius 1 is 1.67 bits per heavy atom. The first-order valence-corrected chi connectivity index (χ1v) is 5.31. The van der Waals surface area contributed by atoms with E-state index in [4.69, 9.17) is 4.52 Å². The third kappa shape index (κ3) is 6.08. The molecule has 0 saturated carbocycles. The molecule has 68 valence electrons. The summed E-state index contributed by atoms with van der Waals surface area (Å²) in [5.74, 6) is 0. The first kappa shape index (κ1) is 11.3. The first-order valence-electron chi connectivity index (χ1n) is 3.60. The molecule has 0 amide bonds. The van der Waals surface area contributed by atoms with Crippen LogP contribution in [0.15, 0.2) is 25.0 Å². The monoisotopic (exact) mass is 187 g/mol. The third-order valence-corrected chi connectivity index (χ3v) is 2.23. The molecule has 0 saturated heterocycles. The van der Waals surface area contributed by atoms with Crippen LogP contribution in [-0.4, -0.2) is 19.0 Å². The molecular weight excluding hydrogens is 173 g/mol. The second-order valence-electron chi connectivity index (χ2n) is 2.22. The number of hydrogen-bond donors (Lipinski definition) is 1. The van der Waals surface area contributed by atoms with Crippen molar-refractivity contribution in [3.63, 3.8) is 0 Å². The average Bonchev–Trinajstić information content (AvgIpc) is 2.05. The molecule has 0 aromatic rings. The molecule has 3 nitrogen and oxygen atoms in total. The minimum Gasteiger partial charge on any atom is -0.466 e. The molecule has 2 atom stereocenters. The smallest absolute Gasteiger partial charge is 0.157 e. The van der Waals surface area contributed by atoms with E-state index in [0.717, 1.165) is 6.29 Å². The van der Waals surface area contributed by atoms with E-state index in [2.05, 4.69) is 11.7 Å². The molecule has 0 rings (SSSR count). The predicted octanol–water partition coefficient (Wildman–Crippen LogP) is 1.82. The van der Waals surface area contributed by atoms with Crippen LogP contribution in [0.5, 0.6) is 0 Å². The van der Waals surface area contributed by atoms with E-state index < -0.39 is 8.30 Å². The standard InChI is InChI=1S/C8H14NO2P/c1-4-5-6-11-12(3)9-8(2)7-10/h4-9H,1H2,2-3H3/b6-5+/t8-,12?/m0/s1. The third-order valence-electron chi connectivity index (χ3n) is 1.02. The van der Waals surface area contributed by atoms with Crippen molar-refractivity contribution in [3.8, 4) is 0 Å². The molecule has 0 aromatic heterocycles. The number of hydrogen-bond acceptors (Lipinski definition) is 3. The summed E-state index contributed by atoms with van der Waals surface area (Å²) in [5.41, 5.74) is 0. The molecule has 0 fully saturated rings. The highest BCUT2D eigenvalue weighted by molar-refractivity contribution is 7.49. The lowest BCUT2D eigenvalue weighted by molar-refractivity contribution is -0.108. The lowest BCUT2D eigenvalue weighted by Crippen LogP contribution is -2.22. The molecule has 0 heterocycles. The normalized spacial score (nSPS) is 15.5. The molecule has 0 aliphatic carbocycles. The van der Waals surface area contributed by atoms with Crippen LogP contribution in [0.2, 0.25) is 0 Å². The van der Waals surface area contributed by atoms with Crippen molar-refractivity contribution >= 4 is 14.6 Å². The lowest BCUT2D eigenvalue weighted by Gasteiger charge is -2.13. The lowest BCUT2D eigenvalue weighted by atomic mass is 10.4. The van der Waals surface area contributed by atoms with Crippen LogP contribution >= 0.6 is 8.30 Å². The number of carbonyl (C=O) groups is 1. The van der Waals surface area contributed by atoms with Crippen molar-refractivity contribution in [2.24, 2.45) is 0 Å². The van der Waals surface area contributed by atoms with E-state index in [1.807, 2.05) is 6.66 Å². The van der Waals surface area contributed by atoms with Crippen LogP contribution in [0.1, 0.15) is 6.92 Å². The van der Waals surface area contributed by atoms with Gasteiger partial charge in [-0.1, -0.05) is 12.7 Å². The Bertz CT molecular complexity index is 170. The zero-order chi connectivity index (χ0) is 9.40. The van der Waals surface area contributed by atoms with Gasteiger partial charge in [0.25, 0.3) is 0 Å². The van der Waals surface area contributed by atoms with E-state index in [9.17, 15) is 4.79 Å². The van der Waals surface area contributed by atoms with Crippen LogP contribution < -0.4 is 5.09 Å². The summed E-state index contributed by atoms with van der Waals surface area (Å²) in [6.07, 6.45) is 5.74. The van der Waals surface area contributed by atoms with Crippen molar-refractivity contribution < 1.29 is 9.32 Å². The van der Waals surface area contributed by atoms with Gasteiger partial charge in [0.1, 0.15) is 6.29 Å². The number of aldehydes is 1. The second kappa shape index (κ2) is 7.01. The summed E-state index contributed by atoms with van der Waals surface area (Å²) in [7, 11) is -0.753. The first-order chi connectivity index (χ1) is 5.70. The quantitative estimate of drug-likeness (QED) is 0.298. The molecular formula is C8H14NO2P. The van der Waals surface area contributed by atoms with Gasteiger partial charge in [-0.2, -0.15) is 0 Å². The Morgan fingerprint density at radius 3 is 2.83 bits per heavy atom. The Kier molecular flexibility index (Phi) is 6.63. The molecule has 0 aliphatic heterocycles. The maximum atomic E-state index is 10.2. The second-order valence-corrected chi connectivity index (χ2v) is 3.68. The van der Waals surface area contributed by atoms with Crippen LogP contribution in [0, 0.1) is 0 Å². The summed E-state index contributed by atoms with van der Waals surface area (Å²) < 4.78 is 5.20. The van der Waals surface area contributed by atoms with E-state index in [1.54, 1.807) is 25.3 Å². The van der Waals surface area contributed by atoms with Crippen molar-refractivity contribution in [1.82, 2.24) is 5.09 Å². The molecule has 0 aliphatic rings. The van der Waals surface area contributed by atoms with Gasteiger partial charge < -0.3 is 9.32 Å². The van der Waals surface area contributed by atoms with Crippen LogP contribution in [0.3, 0.4) is 0 Å². The molecule has 0 bridgehead atoms. The van der Waals surface area contributed by atoms with Gasteiger partial charge in [0.05, 0.1) is 12.3 Å². The summed E-state index contributed by atoms with van der Waals surface area (Å²) in [5, 5.41) is 2.98. The zero-order valence-corrected chi connectivity index (χ0v) is 8.25. The fourth-order valence-corrected chi connectivity index (χ4v) is 1.48. The Hall–Kier alpha value is -0.660. The maximum absolute atomic E-state index is 10.2. The van der Waals surface area contributed by atoms with Crippen LogP contribution in [0.4, 0.5) is 0 Å². The van der Waals surface area contributed by atoms with Crippen molar-refractivity contribution in [3.05, 3.63) is 25.0 Å². The Balaban J connectivity index is 3.58. The molecule has 4 heteroatoms. The van der Waals surface area contributed by atoms with E-state index >= 15 is 0 Å². The number of rotatable bonds is 6. The van der Waals surface area contributed by atoms with Gasteiger partial charge in [-0.25, -0.2) is 0 Å². The average molecular weight is 187 g/mol. The van der Waals surface area contributed by atoms with Crippen LogP contribution in [0.25, 0.3) is 0 Å². The molecule has 0 aromatic carbocycles. The molecule has 1 unspecified atom stereocenters. The molecule has 1 N–H and O–H groups in total. The van der Waals surface area contributed by atoms with Crippen molar-refractivity contribution in [1.29, 1.82) is 0 Å².